The number of rotatable bonds is 7. The summed E-state index contributed by atoms with van der Waals surface area (Å²) in [5.74, 6) is 0. The molecule has 0 bridgehead atoms. The first-order valence-electron chi connectivity index (χ1n) is 5.83. The molecule has 0 saturated carbocycles. The molecule has 2 atom stereocenters. The minimum atomic E-state index is 0.126. The number of ether oxygens (including phenoxy) is 2. The quantitative estimate of drug-likeness (QED) is 0.708. The molecule has 0 aliphatic rings. The standard InChI is InChI=1S/C12H27NO2/c1-7-14-9-10(13-6)11(15-8-2)12(3,4)5/h10-11,13H,7-9H2,1-6H3. The predicted molar refractivity (Wildman–Crippen MR) is 64.2 cm³/mol. The Morgan fingerprint density at radius 3 is 2.07 bits per heavy atom. The Hall–Kier alpha value is -0.120. The average Bonchev–Trinajstić information content (AvgIpc) is 2.15. The molecule has 92 valence electrons. The van der Waals surface area contributed by atoms with Gasteiger partial charge in [0.25, 0.3) is 0 Å². The van der Waals surface area contributed by atoms with Crippen molar-refractivity contribution in [1.82, 2.24) is 5.32 Å². The van der Waals surface area contributed by atoms with Gasteiger partial charge in [0.05, 0.1) is 18.8 Å². The summed E-state index contributed by atoms with van der Waals surface area (Å²) in [6, 6.07) is 0.255. The van der Waals surface area contributed by atoms with Crippen LogP contribution in [0.25, 0.3) is 0 Å². The first kappa shape index (κ1) is 14.9. The van der Waals surface area contributed by atoms with Crippen molar-refractivity contribution in [2.45, 2.75) is 46.8 Å². The number of nitrogens with one attached hydrogen (secondary N) is 1. The Kier molecular flexibility index (Phi) is 7.14. The molecule has 0 aliphatic carbocycles. The molecule has 3 heteroatoms. The van der Waals surface area contributed by atoms with E-state index in [4.69, 9.17) is 9.47 Å². The van der Waals surface area contributed by atoms with Crippen LogP contribution in [-0.2, 0) is 9.47 Å². The zero-order valence-corrected chi connectivity index (χ0v) is 11.1. The largest absolute Gasteiger partial charge is 0.380 e. The SMILES string of the molecule is CCOCC(NC)C(OCC)C(C)(C)C. The molecule has 0 rings (SSSR count). The predicted octanol–water partition coefficient (Wildman–Crippen LogP) is 2.06. The van der Waals surface area contributed by atoms with E-state index >= 15 is 0 Å². The van der Waals surface area contributed by atoms with E-state index in [1.54, 1.807) is 0 Å². The van der Waals surface area contributed by atoms with E-state index in [-0.39, 0.29) is 17.6 Å². The van der Waals surface area contributed by atoms with Crippen LogP contribution < -0.4 is 5.32 Å². The normalized spacial score (nSPS) is 16.4. The van der Waals surface area contributed by atoms with Crippen molar-refractivity contribution in [3.8, 4) is 0 Å². The van der Waals surface area contributed by atoms with Crippen LogP contribution in [0.3, 0.4) is 0 Å². The maximum Gasteiger partial charge on any atom is 0.0798 e. The molecule has 0 amide bonds. The summed E-state index contributed by atoms with van der Waals surface area (Å²) < 4.78 is 11.3. The molecular weight excluding hydrogens is 190 g/mol. The number of likely N-dealkylation sites (N-methyl/N-ethyl adjacent to an activating group) is 1. The monoisotopic (exact) mass is 217 g/mol. The highest BCUT2D eigenvalue weighted by molar-refractivity contribution is 4.85. The van der Waals surface area contributed by atoms with Gasteiger partial charge in [-0.05, 0) is 26.3 Å². The molecule has 0 aromatic carbocycles. The van der Waals surface area contributed by atoms with Crippen LogP contribution >= 0.6 is 0 Å². The van der Waals surface area contributed by atoms with Gasteiger partial charge >= 0.3 is 0 Å². The van der Waals surface area contributed by atoms with Gasteiger partial charge in [0.1, 0.15) is 0 Å². The van der Waals surface area contributed by atoms with Crippen LogP contribution in [0.2, 0.25) is 0 Å². The van der Waals surface area contributed by atoms with Crippen molar-refractivity contribution in [2.75, 3.05) is 26.9 Å². The second-order valence-electron chi connectivity index (χ2n) is 4.80. The van der Waals surface area contributed by atoms with Crippen LogP contribution in [0.15, 0.2) is 0 Å². The van der Waals surface area contributed by atoms with Gasteiger partial charge in [-0.2, -0.15) is 0 Å². The highest BCUT2D eigenvalue weighted by atomic mass is 16.5. The van der Waals surface area contributed by atoms with Gasteiger partial charge in [-0.25, -0.2) is 0 Å². The molecule has 0 spiro atoms. The molecule has 0 aromatic heterocycles. The number of hydrogen-bond acceptors (Lipinski definition) is 3. The molecular formula is C12H27NO2. The van der Waals surface area contributed by atoms with E-state index < -0.39 is 0 Å². The molecule has 0 heterocycles. The number of hydrogen-bond donors (Lipinski definition) is 1. The summed E-state index contributed by atoms with van der Waals surface area (Å²) in [6.07, 6.45) is 0.180. The van der Waals surface area contributed by atoms with Crippen molar-refractivity contribution in [3.63, 3.8) is 0 Å². The molecule has 0 fully saturated rings. The third-order valence-electron chi connectivity index (χ3n) is 2.44. The zero-order valence-electron chi connectivity index (χ0n) is 11.1. The second kappa shape index (κ2) is 7.20. The van der Waals surface area contributed by atoms with E-state index in [1.807, 2.05) is 20.9 Å². The Labute approximate surface area is 94.5 Å². The summed E-state index contributed by atoms with van der Waals surface area (Å²) in [6.45, 7) is 12.8. The van der Waals surface area contributed by atoms with Crippen LogP contribution in [0.4, 0.5) is 0 Å². The minimum Gasteiger partial charge on any atom is -0.380 e. The molecule has 2 unspecified atom stereocenters. The summed E-state index contributed by atoms with van der Waals surface area (Å²) in [5.41, 5.74) is 0.126. The molecule has 1 N–H and O–H groups in total. The fraction of sp³-hybridized carbons (Fsp3) is 1.00. The molecule has 0 radical (unpaired) electrons. The fourth-order valence-corrected chi connectivity index (χ4v) is 1.72. The van der Waals surface area contributed by atoms with Gasteiger partial charge in [-0.3, -0.25) is 0 Å². The molecule has 15 heavy (non-hydrogen) atoms. The molecule has 0 aromatic rings. The zero-order chi connectivity index (χ0) is 11.9. The van der Waals surface area contributed by atoms with Gasteiger partial charge in [-0.1, -0.05) is 20.8 Å². The van der Waals surface area contributed by atoms with Gasteiger partial charge < -0.3 is 14.8 Å². The van der Waals surface area contributed by atoms with E-state index in [2.05, 4.69) is 26.1 Å². The summed E-state index contributed by atoms with van der Waals surface area (Å²) in [5, 5.41) is 3.28. The Bertz CT molecular complexity index is 154. The molecule has 3 nitrogen and oxygen atoms in total. The lowest BCUT2D eigenvalue weighted by Gasteiger charge is -2.36. The Balaban J connectivity index is 4.40. The van der Waals surface area contributed by atoms with Crippen LogP contribution in [0, 0.1) is 5.41 Å². The van der Waals surface area contributed by atoms with Crippen molar-refractivity contribution in [2.24, 2.45) is 5.41 Å². The smallest absolute Gasteiger partial charge is 0.0798 e. The van der Waals surface area contributed by atoms with Gasteiger partial charge in [0.2, 0.25) is 0 Å². The van der Waals surface area contributed by atoms with Crippen molar-refractivity contribution >= 4 is 0 Å². The first-order chi connectivity index (χ1) is 6.97. The maximum atomic E-state index is 5.81. The van der Waals surface area contributed by atoms with Crippen LogP contribution in [0.1, 0.15) is 34.6 Å². The van der Waals surface area contributed by atoms with Gasteiger partial charge in [0, 0.05) is 13.2 Å². The highest BCUT2D eigenvalue weighted by Crippen LogP contribution is 2.25. The minimum absolute atomic E-state index is 0.126. The van der Waals surface area contributed by atoms with Crippen LogP contribution in [-0.4, -0.2) is 39.0 Å². The molecule has 0 aliphatic heterocycles. The Morgan fingerprint density at radius 2 is 1.73 bits per heavy atom. The lowest BCUT2D eigenvalue weighted by molar-refractivity contribution is -0.0530. The Morgan fingerprint density at radius 1 is 1.13 bits per heavy atom. The van der Waals surface area contributed by atoms with E-state index in [0.717, 1.165) is 13.2 Å². The highest BCUT2D eigenvalue weighted by Gasteiger charge is 2.32. The van der Waals surface area contributed by atoms with Crippen molar-refractivity contribution < 1.29 is 9.47 Å². The average molecular weight is 217 g/mol. The topological polar surface area (TPSA) is 30.5 Å². The van der Waals surface area contributed by atoms with Gasteiger partial charge in [0.15, 0.2) is 0 Å². The van der Waals surface area contributed by atoms with Crippen molar-refractivity contribution in [3.05, 3.63) is 0 Å². The third kappa shape index (κ3) is 5.50. The lowest BCUT2D eigenvalue weighted by atomic mass is 9.84. The second-order valence-corrected chi connectivity index (χ2v) is 4.80. The van der Waals surface area contributed by atoms with Gasteiger partial charge in [-0.15, -0.1) is 0 Å². The van der Waals surface area contributed by atoms with Crippen molar-refractivity contribution in [1.29, 1.82) is 0 Å². The summed E-state index contributed by atoms with van der Waals surface area (Å²) in [4.78, 5) is 0. The maximum absolute atomic E-state index is 5.81. The summed E-state index contributed by atoms with van der Waals surface area (Å²) >= 11 is 0. The van der Waals surface area contributed by atoms with Crippen LogP contribution in [0.5, 0.6) is 0 Å². The third-order valence-corrected chi connectivity index (χ3v) is 2.44. The van der Waals surface area contributed by atoms with E-state index in [0.29, 0.717) is 6.61 Å². The first-order valence-corrected chi connectivity index (χ1v) is 5.83. The van der Waals surface area contributed by atoms with E-state index in [1.165, 1.54) is 0 Å². The summed E-state index contributed by atoms with van der Waals surface area (Å²) in [7, 11) is 1.96. The molecule has 0 saturated heterocycles. The lowest BCUT2D eigenvalue weighted by Crippen LogP contribution is -2.49. The fourth-order valence-electron chi connectivity index (χ4n) is 1.72. The van der Waals surface area contributed by atoms with E-state index in [9.17, 15) is 0 Å².